The van der Waals surface area contributed by atoms with Crippen molar-refractivity contribution in [1.82, 2.24) is 9.80 Å². The third-order valence-electron chi connectivity index (χ3n) is 4.93. The molecule has 0 saturated carbocycles. The van der Waals surface area contributed by atoms with Gasteiger partial charge in [-0.1, -0.05) is 54.3 Å². The van der Waals surface area contributed by atoms with Gasteiger partial charge >= 0.3 is 0 Å². The Hall–Kier alpha value is -1.70. The number of nitrogens with zero attached hydrogens (tertiary/aromatic N) is 2. The van der Waals surface area contributed by atoms with Crippen LogP contribution < -0.4 is 0 Å². The Labute approximate surface area is 169 Å². The van der Waals surface area contributed by atoms with Crippen LogP contribution in [-0.4, -0.2) is 56.8 Å². The van der Waals surface area contributed by atoms with Crippen molar-refractivity contribution in [3.63, 3.8) is 0 Å². The first-order valence-corrected chi connectivity index (χ1v) is 10.5. The van der Waals surface area contributed by atoms with Gasteiger partial charge in [-0.2, -0.15) is 0 Å². The molecule has 3 rings (SSSR count). The smallest absolute Gasteiger partial charge is 0.266 e. The van der Waals surface area contributed by atoms with E-state index in [0.29, 0.717) is 22.2 Å². The molecule has 1 aromatic carbocycles. The van der Waals surface area contributed by atoms with Gasteiger partial charge in [0.15, 0.2) is 0 Å². The molecule has 0 unspecified atom stereocenters. The number of hydrogen-bond donors (Lipinski definition) is 1. The first-order valence-electron chi connectivity index (χ1n) is 9.31. The third kappa shape index (κ3) is 4.97. The van der Waals surface area contributed by atoms with E-state index in [1.165, 1.54) is 16.7 Å². The highest BCUT2D eigenvalue weighted by atomic mass is 32.2. The molecule has 0 aromatic heterocycles. The Morgan fingerprint density at radius 3 is 2.81 bits per heavy atom. The van der Waals surface area contributed by atoms with E-state index < -0.39 is 0 Å². The first kappa shape index (κ1) is 20.0. The van der Waals surface area contributed by atoms with Crippen LogP contribution in [0, 0.1) is 0 Å². The van der Waals surface area contributed by atoms with Gasteiger partial charge in [-0.3, -0.25) is 14.5 Å². The summed E-state index contributed by atoms with van der Waals surface area (Å²) in [7, 11) is 0. The van der Waals surface area contributed by atoms with Gasteiger partial charge < -0.3 is 10.0 Å². The number of hydrogen-bond acceptors (Lipinski definition) is 5. The molecule has 0 spiro atoms. The van der Waals surface area contributed by atoms with Gasteiger partial charge in [0, 0.05) is 32.2 Å². The Morgan fingerprint density at radius 1 is 1.30 bits per heavy atom. The van der Waals surface area contributed by atoms with Gasteiger partial charge in [-0.15, -0.1) is 0 Å². The van der Waals surface area contributed by atoms with Gasteiger partial charge in [-0.25, -0.2) is 0 Å². The fourth-order valence-electron chi connectivity index (χ4n) is 3.52. The molecule has 0 bridgehead atoms. The minimum Gasteiger partial charge on any atom is -0.396 e. The summed E-state index contributed by atoms with van der Waals surface area (Å²) in [4.78, 5) is 29.3. The topological polar surface area (TPSA) is 60.9 Å². The van der Waals surface area contributed by atoms with E-state index in [9.17, 15) is 14.7 Å². The van der Waals surface area contributed by atoms with Gasteiger partial charge in [0.1, 0.15) is 4.32 Å². The maximum absolute atomic E-state index is 12.7. The maximum Gasteiger partial charge on any atom is 0.266 e. The van der Waals surface area contributed by atoms with Crippen LogP contribution in [-0.2, 0) is 9.59 Å². The predicted octanol–water partition coefficient (Wildman–Crippen LogP) is 3.04. The molecule has 2 saturated heterocycles. The zero-order valence-corrected chi connectivity index (χ0v) is 16.8. The molecule has 1 aromatic rings. The molecule has 2 amide bonds. The van der Waals surface area contributed by atoms with E-state index in [1.54, 1.807) is 0 Å². The van der Waals surface area contributed by atoms with Crippen molar-refractivity contribution < 1.29 is 14.7 Å². The number of amides is 2. The average Bonchev–Trinajstić information content (AvgIpc) is 2.94. The summed E-state index contributed by atoms with van der Waals surface area (Å²) in [6.07, 6.45) is 5.73. The summed E-state index contributed by atoms with van der Waals surface area (Å²) in [6, 6.07) is 9.76. The van der Waals surface area contributed by atoms with Crippen molar-refractivity contribution in [1.29, 1.82) is 0 Å². The molecule has 2 fully saturated rings. The first-order chi connectivity index (χ1) is 13.1. The molecule has 1 atom stereocenters. The van der Waals surface area contributed by atoms with Crippen molar-refractivity contribution in [2.75, 3.05) is 19.7 Å². The third-order valence-corrected chi connectivity index (χ3v) is 6.31. The second-order valence-corrected chi connectivity index (χ2v) is 8.42. The van der Waals surface area contributed by atoms with Crippen molar-refractivity contribution in [2.45, 2.75) is 38.1 Å². The SMILES string of the molecule is O=C1/C(=C\c2ccccc2)SC(=S)N1CCC(=O)N1CCCC[C@H]1CCO. The molecule has 5 nitrogen and oxygen atoms in total. The van der Waals surface area contributed by atoms with E-state index >= 15 is 0 Å². The molecular weight excluding hydrogens is 380 g/mol. The largest absolute Gasteiger partial charge is 0.396 e. The molecule has 0 radical (unpaired) electrons. The fourth-order valence-corrected chi connectivity index (χ4v) is 4.83. The second kappa shape index (κ2) is 9.48. The zero-order chi connectivity index (χ0) is 19.2. The molecule has 2 heterocycles. The highest BCUT2D eigenvalue weighted by Gasteiger charge is 2.33. The molecule has 27 heavy (non-hydrogen) atoms. The van der Waals surface area contributed by atoms with Crippen LogP contribution in [0.5, 0.6) is 0 Å². The highest BCUT2D eigenvalue weighted by Crippen LogP contribution is 2.32. The number of rotatable bonds is 6. The van der Waals surface area contributed by atoms with Crippen LogP contribution in [0.15, 0.2) is 35.2 Å². The van der Waals surface area contributed by atoms with Gasteiger partial charge in [0.05, 0.1) is 4.91 Å². The molecular formula is C20H24N2O3S2. The maximum atomic E-state index is 12.7. The average molecular weight is 405 g/mol. The summed E-state index contributed by atoms with van der Waals surface area (Å²) in [5, 5.41) is 9.22. The van der Waals surface area contributed by atoms with Crippen LogP contribution in [0.4, 0.5) is 0 Å². The monoisotopic (exact) mass is 404 g/mol. The predicted molar refractivity (Wildman–Crippen MR) is 112 cm³/mol. The summed E-state index contributed by atoms with van der Waals surface area (Å²) < 4.78 is 0.500. The number of likely N-dealkylation sites (tertiary alicyclic amines) is 1. The van der Waals surface area contributed by atoms with Crippen LogP contribution in [0.25, 0.3) is 6.08 Å². The number of piperidine rings is 1. The number of thiocarbonyl (C=S) groups is 1. The minimum atomic E-state index is -0.132. The van der Waals surface area contributed by atoms with Crippen molar-refractivity contribution in [3.8, 4) is 0 Å². The molecule has 0 aliphatic carbocycles. The highest BCUT2D eigenvalue weighted by molar-refractivity contribution is 8.26. The molecule has 2 aliphatic rings. The number of aliphatic hydroxyl groups is 1. The normalized spacial score (nSPS) is 22.0. The van der Waals surface area contributed by atoms with E-state index in [1.807, 2.05) is 41.3 Å². The van der Waals surface area contributed by atoms with Crippen LogP contribution in [0.3, 0.4) is 0 Å². The number of aliphatic hydroxyl groups excluding tert-OH is 1. The molecule has 1 N–H and O–H groups in total. The fraction of sp³-hybridized carbons (Fsp3) is 0.450. The van der Waals surface area contributed by atoms with Crippen molar-refractivity contribution in [2.24, 2.45) is 0 Å². The summed E-state index contributed by atoms with van der Waals surface area (Å²) >= 11 is 6.64. The molecule has 2 aliphatic heterocycles. The summed E-state index contributed by atoms with van der Waals surface area (Å²) in [5.74, 6) is -0.0959. The Balaban J connectivity index is 1.60. The van der Waals surface area contributed by atoms with E-state index in [0.717, 1.165) is 31.4 Å². The summed E-state index contributed by atoms with van der Waals surface area (Å²) in [6.45, 7) is 1.13. The quantitative estimate of drug-likeness (QED) is 0.583. The lowest BCUT2D eigenvalue weighted by atomic mass is 9.99. The van der Waals surface area contributed by atoms with E-state index in [2.05, 4.69) is 0 Å². The van der Waals surface area contributed by atoms with E-state index in [4.69, 9.17) is 12.2 Å². The van der Waals surface area contributed by atoms with Crippen molar-refractivity contribution in [3.05, 3.63) is 40.8 Å². The number of benzene rings is 1. The summed E-state index contributed by atoms with van der Waals surface area (Å²) in [5.41, 5.74) is 0.953. The van der Waals surface area contributed by atoms with Crippen molar-refractivity contribution >= 4 is 46.2 Å². The molecule has 144 valence electrons. The van der Waals surface area contributed by atoms with Crippen LogP contribution in [0.1, 0.15) is 37.7 Å². The number of thioether (sulfide) groups is 1. The molecule has 7 heteroatoms. The minimum absolute atomic E-state index is 0.0363. The van der Waals surface area contributed by atoms with Gasteiger partial charge in [0.2, 0.25) is 5.91 Å². The van der Waals surface area contributed by atoms with Crippen LogP contribution >= 0.6 is 24.0 Å². The van der Waals surface area contributed by atoms with E-state index in [-0.39, 0.29) is 30.9 Å². The lowest BCUT2D eigenvalue weighted by Gasteiger charge is -2.36. The zero-order valence-electron chi connectivity index (χ0n) is 15.2. The second-order valence-electron chi connectivity index (χ2n) is 6.74. The van der Waals surface area contributed by atoms with Gasteiger partial charge in [-0.05, 0) is 37.3 Å². The lowest BCUT2D eigenvalue weighted by Crippen LogP contribution is -2.45. The number of carbonyl (C=O) groups is 2. The lowest BCUT2D eigenvalue weighted by molar-refractivity contribution is -0.135. The Morgan fingerprint density at radius 2 is 2.07 bits per heavy atom. The standard InChI is InChI=1S/C20H24N2O3S2/c23-13-10-16-8-4-5-11-21(16)18(24)9-12-22-19(25)17(27-20(22)26)14-15-6-2-1-3-7-15/h1-3,6-7,14,16,23H,4-5,8-13H2/b17-14+/t16-/m0/s1. The number of carbonyl (C=O) groups excluding carboxylic acids is 2. The van der Waals surface area contributed by atoms with Crippen LogP contribution in [0.2, 0.25) is 0 Å². The Bertz CT molecular complexity index is 734. The Kier molecular flexibility index (Phi) is 7.04. The van der Waals surface area contributed by atoms with Gasteiger partial charge in [0.25, 0.3) is 5.91 Å².